The van der Waals surface area contributed by atoms with Crippen LogP contribution in [0.3, 0.4) is 0 Å². The summed E-state index contributed by atoms with van der Waals surface area (Å²) >= 11 is 9.73. The van der Waals surface area contributed by atoms with E-state index in [1.54, 1.807) is 6.07 Å². The highest BCUT2D eigenvalue weighted by molar-refractivity contribution is 9.10. The summed E-state index contributed by atoms with van der Waals surface area (Å²) in [5.41, 5.74) is 3.27. The van der Waals surface area contributed by atoms with Gasteiger partial charge in [0.2, 0.25) is 0 Å². The number of halogens is 2. The van der Waals surface area contributed by atoms with Crippen LogP contribution in [0.1, 0.15) is 34.2 Å². The van der Waals surface area contributed by atoms with Gasteiger partial charge in [0, 0.05) is 12.1 Å². The number of Topliss-reactive ketones (excluding diaryl/α,β-unsaturated/α-hetero) is 1. The zero-order chi connectivity index (χ0) is 14.9. The molecule has 0 bridgehead atoms. The molecule has 1 aromatic heterocycles. The molecular formula is C15H16BrClN2O. The van der Waals surface area contributed by atoms with E-state index in [1.807, 2.05) is 37.6 Å². The van der Waals surface area contributed by atoms with E-state index in [1.165, 1.54) is 0 Å². The van der Waals surface area contributed by atoms with Crippen LogP contribution in [0.15, 0.2) is 22.7 Å². The standard InChI is InChI=1S/C15H16BrClN2O/c1-4-19-12(14(16)10(3)18-19)8-13(20)11-7-5-6-9(2)15(11)17/h5-7H,4,8H2,1-3H3. The molecule has 20 heavy (non-hydrogen) atoms. The molecular weight excluding hydrogens is 340 g/mol. The number of carbonyl (C=O) groups excluding carboxylic acids is 1. The molecule has 0 radical (unpaired) electrons. The van der Waals surface area contributed by atoms with Crippen LogP contribution in [-0.4, -0.2) is 15.6 Å². The van der Waals surface area contributed by atoms with Crippen molar-refractivity contribution in [3.63, 3.8) is 0 Å². The Bertz CT molecular complexity index is 664. The third-order valence-corrected chi connectivity index (χ3v) is 4.81. The highest BCUT2D eigenvalue weighted by atomic mass is 79.9. The quantitative estimate of drug-likeness (QED) is 0.764. The average molecular weight is 356 g/mol. The zero-order valence-corrected chi connectivity index (χ0v) is 14.0. The van der Waals surface area contributed by atoms with Gasteiger partial charge in [0.15, 0.2) is 5.78 Å². The SMILES string of the molecule is CCn1nc(C)c(Br)c1CC(=O)c1cccc(C)c1Cl. The molecule has 0 saturated carbocycles. The topological polar surface area (TPSA) is 34.9 Å². The zero-order valence-electron chi connectivity index (χ0n) is 11.7. The molecule has 0 aliphatic heterocycles. The Kier molecular flexibility index (Phi) is 4.66. The Hall–Kier alpha value is -1.13. The summed E-state index contributed by atoms with van der Waals surface area (Å²) in [7, 11) is 0. The summed E-state index contributed by atoms with van der Waals surface area (Å²) in [5.74, 6) is 0.00833. The molecule has 0 saturated heterocycles. The van der Waals surface area contributed by atoms with E-state index in [4.69, 9.17) is 11.6 Å². The van der Waals surface area contributed by atoms with Crippen LogP contribution in [0, 0.1) is 13.8 Å². The van der Waals surface area contributed by atoms with Crippen molar-refractivity contribution in [3.8, 4) is 0 Å². The normalized spacial score (nSPS) is 10.8. The second-order valence-corrected chi connectivity index (χ2v) is 5.87. The van der Waals surface area contributed by atoms with Gasteiger partial charge in [-0.2, -0.15) is 5.10 Å². The second kappa shape index (κ2) is 6.10. The van der Waals surface area contributed by atoms with Crippen LogP contribution < -0.4 is 0 Å². The highest BCUT2D eigenvalue weighted by Gasteiger charge is 2.18. The first-order chi connectivity index (χ1) is 9.45. The smallest absolute Gasteiger partial charge is 0.170 e. The Labute approximate surface area is 132 Å². The van der Waals surface area contributed by atoms with Gasteiger partial charge in [0.25, 0.3) is 0 Å². The summed E-state index contributed by atoms with van der Waals surface area (Å²) < 4.78 is 2.75. The number of carbonyl (C=O) groups is 1. The minimum Gasteiger partial charge on any atom is -0.294 e. The molecule has 0 atom stereocenters. The van der Waals surface area contributed by atoms with Crippen molar-refractivity contribution in [1.29, 1.82) is 0 Å². The van der Waals surface area contributed by atoms with Crippen LogP contribution in [-0.2, 0) is 13.0 Å². The van der Waals surface area contributed by atoms with Crippen molar-refractivity contribution in [3.05, 3.63) is 50.2 Å². The molecule has 2 rings (SSSR count). The fraction of sp³-hybridized carbons (Fsp3) is 0.333. The van der Waals surface area contributed by atoms with Crippen molar-refractivity contribution in [1.82, 2.24) is 9.78 Å². The lowest BCUT2D eigenvalue weighted by atomic mass is 10.0. The van der Waals surface area contributed by atoms with Crippen LogP contribution >= 0.6 is 27.5 Å². The molecule has 1 heterocycles. The Morgan fingerprint density at radius 1 is 1.40 bits per heavy atom. The third kappa shape index (κ3) is 2.81. The van der Waals surface area contributed by atoms with Crippen LogP contribution in [0.4, 0.5) is 0 Å². The summed E-state index contributed by atoms with van der Waals surface area (Å²) in [5, 5.41) is 4.94. The average Bonchev–Trinajstić information content (AvgIpc) is 2.69. The van der Waals surface area contributed by atoms with Crippen LogP contribution in [0.5, 0.6) is 0 Å². The third-order valence-electron chi connectivity index (χ3n) is 3.27. The molecule has 0 unspecified atom stereocenters. The number of rotatable bonds is 4. The van der Waals surface area contributed by atoms with E-state index in [9.17, 15) is 4.79 Å². The summed E-state index contributed by atoms with van der Waals surface area (Å²) in [6, 6.07) is 5.52. The number of nitrogens with zero attached hydrogens (tertiary/aromatic N) is 2. The number of aryl methyl sites for hydroxylation is 3. The maximum Gasteiger partial charge on any atom is 0.170 e. The lowest BCUT2D eigenvalue weighted by molar-refractivity contribution is 0.0990. The van der Waals surface area contributed by atoms with Gasteiger partial charge in [0.1, 0.15) is 0 Å². The van der Waals surface area contributed by atoms with Crippen molar-refractivity contribution < 1.29 is 4.79 Å². The maximum absolute atomic E-state index is 12.5. The molecule has 5 heteroatoms. The van der Waals surface area contributed by atoms with Gasteiger partial charge in [-0.25, -0.2) is 0 Å². The van der Waals surface area contributed by atoms with E-state index in [-0.39, 0.29) is 5.78 Å². The van der Waals surface area contributed by atoms with Crippen molar-refractivity contribution in [2.75, 3.05) is 0 Å². The summed E-state index contributed by atoms with van der Waals surface area (Å²) in [4.78, 5) is 12.5. The predicted molar refractivity (Wildman–Crippen MR) is 84.6 cm³/mol. The molecule has 0 aliphatic carbocycles. The van der Waals surface area contributed by atoms with E-state index in [0.717, 1.165) is 28.0 Å². The van der Waals surface area contributed by atoms with Gasteiger partial charge in [-0.3, -0.25) is 9.48 Å². The fourth-order valence-electron chi connectivity index (χ4n) is 2.15. The highest BCUT2D eigenvalue weighted by Crippen LogP contribution is 2.25. The van der Waals surface area contributed by atoms with E-state index in [2.05, 4.69) is 21.0 Å². The number of benzene rings is 1. The molecule has 2 aromatic rings. The minimum absolute atomic E-state index is 0.00833. The Balaban J connectivity index is 2.35. The first kappa shape index (κ1) is 15.3. The molecule has 0 amide bonds. The van der Waals surface area contributed by atoms with Gasteiger partial charge >= 0.3 is 0 Å². The van der Waals surface area contributed by atoms with Gasteiger partial charge < -0.3 is 0 Å². The first-order valence-electron chi connectivity index (χ1n) is 6.45. The molecule has 0 aliphatic rings. The monoisotopic (exact) mass is 354 g/mol. The van der Waals surface area contributed by atoms with Gasteiger partial charge in [0.05, 0.1) is 27.3 Å². The van der Waals surface area contributed by atoms with Crippen LogP contribution in [0.25, 0.3) is 0 Å². The second-order valence-electron chi connectivity index (χ2n) is 4.70. The fourth-order valence-corrected chi connectivity index (χ4v) is 2.80. The molecule has 0 spiro atoms. The number of ketones is 1. The van der Waals surface area contributed by atoms with E-state index < -0.39 is 0 Å². The van der Waals surface area contributed by atoms with E-state index in [0.29, 0.717) is 17.0 Å². The van der Waals surface area contributed by atoms with Gasteiger partial charge in [-0.05, 0) is 48.3 Å². The number of hydrogen-bond acceptors (Lipinski definition) is 2. The van der Waals surface area contributed by atoms with Crippen molar-refractivity contribution in [2.45, 2.75) is 33.7 Å². The molecule has 3 nitrogen and oxygen atoms in total. The van der Waals surface area contributed by atoms with E-state index >= 15 is 0 Å². The lowest BCUT2D eigenvalue weighted by Gasteiger charge is -2.08. The van der Waals surface area contributed by atoms with Crippen molar-refractivity contribution in [2.24, 2.45) is 0 Å². The molecule has 0 N–H and O–H groups in total. The lowest BCUT2D eigenvalue weighted by Crippen LogP contribution is -2.11. The van der Waals surface area contributed by atoms with Crippen LogP contribution in [0.2, 0.25) is 5.02 Å². The number of hydrogen-bond donors (Lipinski definition) is 0. The molecule has 0 fully saturated rings. The molecule has 106 valence electrons. The van der Waals surface area contributed by atoms with Gasteiger partial charge in [-0.1, -0.05) is 23.7 Å². The number of aromatic nitrogens is 2. The maximum atomic E-state index is 12.5. The van der Waals surface area contributed by atoms with Crippen molar-refractivity contribution >= 4 is 33.3 Å². The minimum atomic E-state index is 0.00833. The summed E-state index contributed by atoms with van der Waals surface area (Å²) in [6.07, 6.45) is 0.290. The largest absolute Gasteiger partial charge is 0.294 e. The van der Waals surface area contributed by atoms with Gasteiger partial charge in [-0.15, -0.1) is 0 Å². The Morgan fingerprint density at radius 3 is 2.75 bits per heavy atom. The Morgan fingerprint density at radius 2 is 2.10 bits per heavy atom. The first-order valence-corrected chi connectivity index (χ1v) is 7.62. The molecule has 1 aromatic carbocycles. The summed E-state index contributed by atoms with van der Waals surface area (Å²) in [6.45, 7) is 6.56. The predicted octanol–water partition coefficient (Wildman–Crippen LogP) is 4.36.